The largest absolute Gasteiger partial charge is 0.221 e. The molecule has 90 valence electrons. The molecule has 3 aromatic rings. The van der Waals surface area contributed by atoms with Crippen molar-refractivity contribution in [2.24, 2.45) is 0 Å². The summed E-state index contributed by atoms with van der Waals surface area (Å²) in [7, 11) is 0. The first kappa shape index (κ1) is 10.9. The van der Waals surface area contributed by atoms with E-state index in [1.807, 2.05) is 31.3 Å². The van der Waals surface area contributed by atoms with Gasteiger partial charge < -0.3 is 0 Å². The number of aryl methyl sites for hydroxylation is 1. The van der Waals surface area contributed by atoms with Crippen LogP contribution in [0.3, 0.4) is 0 Å². The zero-order valence-corrected chi connectivity index (χ0v) is 9.97. The van der Waals surface area contributed by atoms with Gasteiger partial charge >= 0.3 is 0 Å². The molecule has 0 aliphatic rings. The fraction of sp³-hybridized carbons (Fsp3) is 0.143. The van der Waals surface area contributed by atoms with E-state index in [2.05, 4.69) is 10.1 Å². The first-order valence-electron chi connectivity index (χ1n) is 5.77. The lowest BCUT2D eigenvalue weighted by Crippen LogP contribution is -1.92. The molecule has 18 heavy (non-hydrogen) atoms. The zero-order chi connectivity index (χ0) is 12.5. The van der Waals surface area contributed by atoms with Gasteiger partial charge in [-0.1, -0.05) is 12.1 Å². The number of fused-ring (bicyclic) bond motifs is 1. The Kier molecular flexibility index (Phi) is 2.55. The summed E-state index contributed by atoms with van der Waals surface area (Å²) < 4.78 is 14.8. The summed E-state index contributed by atoms with van der Waals surface area (Å²) in [4.78, 5) is 4.43. The lowest BCUT2D eigenvalue weighted by Gasteiger charge is -1.96. The minimum absolute atomic E-state index is 0.230. The lowest BCUT2D eigenvalue weighted by atomic mass is 10.1. The molecule has 0 aliphatic heterocycles. The summed E-state index contributed by atoms with van der Waals surface area (Å²) in [6, 6.07) is 10.5. The molecule has 0 amide bonds. The monoisotopic (exact) mass is 241 g/mol. The van der Waals surface area contributed by atoms with Gasteiger partial charge in [-0.3, -0.25) is 0 Å². The highest BCUT2D eigenvalue weighted by Gasteiger charge is 2.05. The Hall–Kier alpha value is -2.23. The number of aromatic nitrogens is 3. The Morgan fingerprint density at radius 3 is 2.94 bits per heavy atom. The summed E-state index contributed by atoms with van der Waals surface area (Å²) >= 11 is 0. The third-order valence-corrected chi connectivity index (χ3v) is 2.79. The van der Waals surface area contributed by atoms with E-state index in [0.29, 0.717) is 12.2 Å². The van der Waals surface area contributed by atoms with Crippen molar-refractivity contribution in [3.63, 3.8) is 0 Å². The number of nitrogens with zero attached hydrogens (tertiary/aromatic N) is 3. The van der Waals surface area contributed by atoms with E-state index in [9.17, 15) is 4.39 Å². The molecule has 3 rings (SSSR count). The van der Waals surface area contributed by atoms with Gasteiger partial charge in [-0.15, -0.1) is 0 Å². The van der Waals surface area contributed by atoms with Crippen molar-refractivity contribution in [2.45, 2.75) is 13.3 Å². The van der Waals surface area contributed by atoms with E-state index >= 15 is 0 Å². The second-order valence-electron chi connectivity index (χ2n) is 4.34. The van der Waals surface area contributed by atoms with Crippen LogP contribution in [0, 0.1) is 12.7 Å². The third-order valence-electron chi connectivity index (χ3n) is 2.79. The first-order chi connectivity index (χ1) is 8.70. The predicted molar refractivity (Wildman–Crippen MR) is 66.9 cm³/mol. The summed E-state index contributed by atoms with van der Waals surface area (Å²) in [5.41, 5.74) is 2.84. The maximum Gasteiger partial charge on any atom is 0.156 e. The molecule has 2 heterocycles. The molecule has 0 saturated carbocycles. The van der Waals surface area contributed by atoms with Gasteiger partial charge in [0, 0.05) is 12.6 Å². The number of pyridine rings is 1. The molecule has 0 radical (unpaired) electrons. The quantitative estimate of drug-likeness (QED) is 0.690. The van der Waals surface area contributed by atoms with Gasteiger partial charge in [-0.2, -0.15) is 5.10 Å². The van der Waals surface area contributed by atoms with Crippen LogP contribution in [0.4, 0.5) is 4.39 Å². The summed E-state index contributed by atoms with van der Waals surface area (Å²) in [6.45, 7) is 2.01. The van der Waals surface area contributed by atoms with E-state index in [1.165, 1.54) is 12.1 Å². The Labute approximate surface area is 104 Å². The van der Waals surface area contributed by atoms with Crippen LogP contribution in [-0.2, 0) is 6.42 Å². The average Bonchev–Trinajstić information content (AvgIpc) is 2.70. The van der Waals surface area contributed by atoms with Crippen molar-refractivity contribution < 1.29 is 4.39 Å². The van der Waals surface area contributed by atoms with Crippen molar-refractivity contribution in [2.75, 3.05) is 0 Å². The summed E-state index contributed by atoms with van der Waals surface area (Å²) in [5.74, 6) is 0.471. The molecule has 4 heteroatoms. The van der Waals surface area contributed by atoms with E-state index in [4.69, 9.17) is 0 Å². The van der Waals surface area contributed by atoms with Crippen LogP contribution in [-0.4, -0.2) is 14.6 Å². The molecule has 0 atom stereocenters. The van der Waals surface area contributed by atoms with Crippen molar-refractivity contribution in [1.82, 2.24) is 14.6 Å². The standard InChI is InChI=1S/C14H12FN3/c1-10-5-6-18-14(7-10)16-13(17-18)9-11-3-2-4-12(15)8-11/h2-8H,9H2,1H3. The van der Waals surface area contributed by atoms with E-state index in [1.54, 1.807) is 10.6 Å². The topological polar surface area (TPSA) is 30.2 Å². The van der Waals surface area contributed by atoms with Crippen LogP contribution in [0.2, 0.25) is 0 Å². The molecule has 0 unspecified atom stereocenters. The normalized spacial score (nSPS) is 11.0. The van der Waals surface area contributed by atoms with E-state index in [0.717, 1.165) is 16.8 Å². The molecule has 0 bridgehead atoms. The Balaban J connectivity index is 1.95. The molecule has 0 N–H and O–H groups in total. The van der Waals surface area contributed by atoms with Gasteiger partial charge in [0.25, 0.3) is 0 Å². The maximum atomic E-state index is 13.1. The number of rotatable bonds is 2. The Bertz CT molecular complexity index is 703. The van der Waals surface area contributed by atoms with Crippen LogP contribution < -0.4 is 0 Å². The van der Waals surface area contributed by atoms with Gasteiger partial charge in [0.1, 0.15) is 5.82 Å². The maximum absolute atomic E-state index is 13.1. The summed E-state index contributed by atoms with van der Waals surface area (Å²) in [5, 5.41) is 4.36. The van der Waals surface area contributed by atoms with Crippen molar-refractivity contribution in [1.29, 1.82) is 0 Å². The van der Waals surface area contributed by atoms with Gasteiger partial charge in [0.05, 0.1) is 0 Å². The fourth-order valence-corrected chi connectivity index (χ4v) is 1.93. The SMILES string of the molecule is Cc1ccn2nc(Cc3cccc(F)c3)nc2c1. The minimum Gasteiger partial charge on any atom is -0.221 e. The molecule has 0 fully saturated rings. The second kappa shape index (κ2) is 4.22. The van der Waals surface area contributed by atoms with Crippen molar-refractivity contribution in [3.05, 3.63) is 65.4 Å². The van der Waals surface area contributed by atoms with Crippen molar-refractivity contribution in [3.8, 4) is 0 Å². The van der Waals surface area contributed by atoms with Crippen LogP contribution in [0.1, 0.15) is 17.0 Å². The number of benzene rings is 1. The van der Waals surface area contributed by atoms with Crippen LogP contribution in [0.15, 0.2) is 42.6 Å². The highest BCUT2D eigenvalue weighted by molar-refractivity contribution is 5.40. The van der Waals surface area contributed by atoms with Crippen molar-refractivity contribution >= 4 is 5.65 Å². The first-order valence-corrected chi connectivity index (χ1v) is 5.77. The third kappa shape index (κ3) is 2.09. The van der Waals surface area contributed by atoms with Crippen LogP contribution >= 0.6 is 0 Å². The summed E-state index contributed by atoms with van der Waals surface area (Å²) in [6.07, 6.45) is 2.42. The molecule has 2 aromatic heterocycles. The van der Waals surface area contributed by atoms with Crippen LogP contribution in [0.5, 0.6) is 0 Å². The predicted octanol–water partition coefficient (Wildman–Crippen LogP) is 2.77. The second-order valence-corrected chi connectivity index (χ2v) is 4.34. The molecule has 0 saturated heterocycles. The number of hydrogen-bond donors (Lipinski definition) is 0. The Morgan fingerprint density at radius 1 is 1.22 bits per heavy atom. The smallest absolute Gasteiger partial charge is 0.156 e. The number of halogens is 1. The zero-order valence-electron chi connectivity index (χ0n) is 9.97. The lowest BCUT2D eigenvalue weighted by molar-refractivity contribution is 0.625. The van der Waals surface area contributed by atoms with Crippen LogP contribution in [0.25, 0.3) is 5.65 Å². The number of hydrogen-bond acceptors (Lipinski definition) is 2. The molecule has 1 aromatic carbocycles. The molecular formula is C14H12FN3. The van der Waals surface area contributed by atoms with Gasteiger partial charge in [0.15, 0.2) is 11.5 Å². The van der Waals surface area contributed by atoms with E-state index in [-0.39, 0.29) is 5.82 Å². The minimum atomic E-state index is -0.230. The molecule has 0 spiro atoms. The van der Waals surface area contributed by atoms with Gasteiger partial charge in [-0.25, -0.2) is 13.9 Å². The highest BCUT2D eigenvalue weighted by atomic mass is 19.1. The molecular weight excluding hydrogens is 229 g/mol. The van der Waals surface area contributed by atoms with Gasteiger partial charge in [-0.05, 0) is 42.3 Å². The molecule has 0 aliphatic carbocycles. The molecule has 3 nitrogen and oxygen atoms in total. The fourth-order valence-electron chi connectivity index (χ4n) is 1.93. The van der Waals surface area contributed by atoms with E-state index < -0.39 is 0 Å². The average molecular weight is 241 g/mol. The van der Waals surface area contributed by atoms with Gasteiger partial charge in [0.2, 0.25) is 0 Å². The highest BCUT2D eigenvalue weighted by Crippen LogP contribution is 2.10. The Morgan fingerprint density at radius 2 is 2.11 bits per heavy atom.